The lowest BCUT2D eigenvalue weighted by Crippen LogP contribution is -2.31. The number of aryl methyl sites for hydroxylation is 1. The minimum Gasteiger partial charge on any atom is -0.456 e. The average molecular weight is 582 g/mol. The number of esters is 1. The highest BCUT2D eigenvalue weighted by atomic mass is 16.5. The van der Waals surface area contributed by atoms with E-state index in [0.29, 0.717) is 46.0 Å². The van der Waals surface area contributed by atoms with Crippen molar-refractivity contribution in [2.24, 2.45) is 0 Å². The molecule has 0 spiro atoms. The highest BCUT2D eigenvalue weighted by molar-refractivity contribution is 6.26. The largest absolute Gasteiger partial charge is 0.456 e. The van der Waals surface area contributed by atoms with E-state index in [1.807, 2.05) is 54.6 Å². The molecule has 0 aliphatic rings. The van der Waals surface area contributed by atoms with E-state index >= 15 is 0 Å². The molecular weight excluding hydrogens is 550 g/mol. The van der Waals surface area contributed by atoms with Crippen LogP contribution in [0, 0.1) is 0 Å². The molecule has 0 fully saturated rings. The van der Waals surface area contributed by atoms with Crippen LogP contribution in [0.15, 0.2) is 111 Å². The third kappa shape index (κ3) is 4.73. The number of ether oxygens (including phenoxy) is 1. The van der Waals surface area contributed by atoms with Crippen molar-refractivity contribution in [3.8, 4) is 11.4 Å². The molecule has 0 amide bonds. The van der Waals surface area contributed by atoms with Crippen LogP contribution in [0.3, 0.4) is 0 Å². The summed E-state index contributed by atoms with van der Waals surface area (Å²) in [5.74, 6) is 0.256. The van der Waals surface area contributed by atoms with E-state index in [0.717, 1.165) is 27.3 Å². The van der Waals surface area contributed by atoms with Gasteiger partial charge in [0.2, 0.25) is 0 Å². The van der Waals surface area contributed by atoms with Gasteiger partial charge in [-0.05, 0) is 89.4 Å². The Balaban J connectivity index is 1.23. The second kappa shape index (κ2) is 10.5. The van der Waals surface area contributed by atoms with Crippen LogP contribution >= 0.6 is 0 Å². The highest BCUT2D eigenvalue weighted by Crippen LogP contribution is 2.38. The van der Waals surface area contributed by atoms with E-state index in [2.05, 4.69) is 32.9 Å². The molecule has 7 aromatic rings. The van der Waals surface area contributed by atoms with Crippen LogP contribution in [0.2, 0.25) is 0 Å². The van der Waals surface area contributed by atoms with Gasteiger partial charge in [-0.1, -0.05) is 63.2 Å². The molecule has 0 unspecified atom stereocenters. The van der Waals surface area contributed by atoms with Gasteiger partial charge < -0.3 is 9.15 Å². The number of carbonyl (C=O) groups is 1. The molecule has 0 atom stereocenters. The number of carbonyl (C=O) groups excluding carboxylic acids is 1. The van der Waals surface area contributed by atoms with Crippen molar-refractivity contribution in [3.05, 3.63) is 129 Å². The van der Waals surface area contributed by atoms with Crippen molar-refractivity contribution >= 4 is 49.5 Å². The molecule has 0 bridgehead atoms. The number of fused-ring (bicyclic) bond motifs is 2. The maximum atomic E-state index is 13.9. The van der Waals surface area contributed by atoms with Gasteiger partial charge in [0.15, 0.2) is 0 Å². The lowest BCUT2D eigenvalue weighted by Gasteiger charge is -2.20. The smallest absolute Gasteiger partial charge is 0.311 e. The lowest BCUT2D eigenvalue weighted by molar-refractivity contribution is -0.134. The number of pyridine rings is 1. The van der Waals surface area contributed by atoms with Crippen LogP contribution in [-0.2, 0) is 16.6 Å². The van der Waals surface area contributed by atoms with Gasteiger partial charge in [-0.3, -0.25) is 14.4 Å². The predicted octanol–water partition coefficient (Wildman–Crippen LogP) is 8.07. The molecule has 44 heavy (non-hydrogen) atoms. The number of benzene rings is 5. The first-order valence-electron chi connectivity index (χ1n) is 14.8. The molecule has 0 radical (unpaired) electrons. The fraction of sp³-hybridized carbons (Fsp3) is 0.184. The minimum absolute atomic E-state index is 0.0438. The maximum Gasteiger partial charge on any atom is 0.311 e. The van der Waals surface area contributed by atoms with E-state index in [4.69, 9.17) is 9.15 Å². The van der Waals surface area contributed by atoms with Crippen LogP contribution in [0.25, 0.3) is 49.2 Å². The second-order valence-electron chi connectivity index (χ2n) is 12.3. The van der Waals surface area contributed by atoms with Crippen molar-refractivity contribution in [2.45, 2.75) is 45.4 Å². The second-order valence-corrected chi connectivity index (χ2v) is 12.3. The SMILES string of the molecule is CC(C)(C)c1ccc2oc3ccc4c(=O)n(-c5ccc(CCCC(=O)Oc6ccccc6)cc5)c(=O)c5ccc(c2c1)c3c45. The Labute approximate surface area is 253 Å². The van der Waals surface area contributed by atoms with Gasteiger partial charge in [0.25, 0.3) is 11.1 Å². The normalized spacial score (nSPS) is 12.1. The number of nitrogens with zero attached hydrogens (tertiary/aromatic N) is 1. The topological polar surface area (TPSA) is 78.5 Å². The molecule has 0 aliphatic heterocycles. The summed E-state index contributed by atoms with van der Waals surface area (Å²) in [6.45, 7) is 6.51. The fourth-order valence-electron chi connectivity index (χ4n) is 6.03. The first-order valence-corrected chi connectivity index (χ1v) is 14.8. The highest BCUT2D eigenvalue weighted by Gasteiger charge is 2.21. The lowest BCUT2D eigenvalue weighted by atomic mass is 9.85. The summed E-state index contributed by atoms with van der Waals surface area (Å²) < 4.78 is 12.9. The summed E-state index contributed by atoms with van der Waals surface area (Å²) in [7, 11) is 0. The number of aromatic nitrogens is 1. The van der Waals surface area contributed by atoms with Crippen LogP contribution in [-0.4, -0.2) is 10.5 Å². The van der Waals surface area contributed by atoms with Gasteiger partial charge >= 0.3 is 5.97 Å². The molecule has 0 saturated heterocycles. The monoisotopic (exact) mass is 581 g/mol. The Kier molecular flexibility index (Phi) is 6.58. The molecule has 7 rings (SSSR count). The third-order valence-electron chi connectivity index (χ3n) is 8.36. The molecule has 218 valence electrons. The molecule has 2 aromatic heterocycles. The van der Waals surface area contributed by atoms with E-state index in [1.54, 1.807) is 30.3 Å². The predicted molar refractivity (Wildman–Crippen MR) is 175 cm³/mol. The molecule has 0 aliphatic carbocycles. The van der Waals surface area contributed by atoms with E-state index < -0.39 is 0 Å². The van der Waals surface area contributed by atoms with Crippen molar-refractivity contribution in [1.29, 1.82) is 0 Å². The van der Waals surface area contributed by atoms with Crippen LogP contribution in [0.1, 0.15) is 44.7 Å². The summed E-state index contributed by atoms with van der Waals surface area (Å²) in [5, 5.41) is 4.29. The average Bonchev–Trinajstić information content (AvgIpc) is 3.01. The summed E-state index contributed by atoms with van der Waals surface area (Å²) in [6, 6.07) is 30.0. The minimum atomic E-state index is -0.364. The van der Waals surface area contributed by atoms with E-state index in [1.165, 1.54) is 10.1 Å². The van der Waals surface area contributed by atoms with Crippen molar-refractivity contribution in [1.82, 2.24) is 4.57 Å². The van der Waals surface area contributed by atoms with Gasteiger partial charge in [0, 0.05) is 33.4 Å². The quantitative estimate of drug-likeness (QED) is 0.0859. The first kappa shape index (κ1) is 27.6. The van der Waals surface area contributed by atoms with Crippen LogP contribution in [0.4, 0.5) is 0 Å². The van der Waals surface area contributed by atoms with E-state index in [9.17, 15) is 14.4 Å². The summed E-state index contributed by atoms with van der Waals surface area (Å²) in [5.41, 5.74) is 3.31. The van der Waals surface area contributed by atoms with Gasteiger partial charge in [-0.15, -0.1) is 0 Å². The Morgan fingerprint density at radius 2 is 1.39 bits per heavy atom. The fourth-order valence-corrected chi connectivity index (χ4v) is 6.03. The third-order valence-corrected chi connectivity index (χ3v) is 8.36. The molecular formula is C38H31NO5. The Morgan fingerprint density at radius 1 is 0.727 bits per heavy atom. The molecule has 5 aromatic carbocycles. The summed E-state index contributed by atoms with van der Waals surface area (Å²) in [4.78, 5) is 39.9. The number of hydrogen-bond donors (Lipinski definition) is 0. The van der Waals surface area contributed by atoms with Crippen LogP contribution < -0.4 is 15.9 Å². The standard InChI is InChI=1S/C38H31NO5/c1-38(2,3)24-14-20-31-30(22-24)27-17-18-28-34-29(19-21-32(44-31)35(27)34)37(42)39(36(28)41)25-15-12-23(13-16-25)8-7-11-33(40)43-26-9-5-4-6-10-26/h4-6,9-10,12-22H,7-8,11H2,1-3H3. The Hall–Kier alpha value is -5.23. The van der Waals surface area contributed by atoms with Crippen molar-refractivity contribution in [3.63, 3.8) is 0 Å². The van der Waals surface area contributed by atoms with Gasteiger partial charge in [-0.2, -0.15) is 0 Å². The summed E-state index contributed by atoms with van der Waals surface area (Å²) in [6.07, 6.45) is 1.57. The zero-order valence-electron chi connectivity index (χ0n) is 24.8. The Bertz CT molecular complexity index is 2270. The molecule has 6 heteroatoms. The van der Waals surface area contributed by atoms with Gasteiger partial charge in [0.1, 0.15) is 16.9 Å². The van der Waals surface area contributed by atoms with Crippen LogP contribution in [0.5, 0.6) is 5.75 Å². The van der Waals surface area contributed by atoms with Gasteiger partial charge in [0.05, 0.1) is 5.69 Å². The number of hydrogen-bond acceptors (Lipinski definition) is 5. The first-order chi connectivity index (χ1) is 21.2. The van der Waals surface area contributed by atoms with Crippen molar-refractivity contribution in [2.75, 3.05) is 0 Å². The molecule has 0 saturated carbocycles. The number of rotatable bonds is 6. The zero-order valence-corrected chi connectivity index (χ0v) is 24.8. The summed E-state index contributed by atoms with van der Waals surface area (Å²) >= 11 is 0. The maximum absolute atomic E-state index is 13.9. The van der Waals surface area contributed by atoms with Crippen molar-refractivity contribution < 1.29 is 13.9 Å². The molecule has 6 nitrogen and oxygen atoms in total. The van der Waals surface area contributed by atoms with Gasteiger partial charge in [-0.25, -0.2) is 4.57 Å². The Morgan fingerprint density at radius 3 is 2.09 bits per heavy atom. The molecule has 0 N–H and O–H groups in total. The molecule has 2 heterocycles. The number of para-hydroxylation sites is 1. The zero-order chi connectivity index (χ0) is 30.6. The van der Waals surface area contributed by atoms with E-state index in [-0.39, 0.29) is 28.9 Å².